The summed E-state index contributed by atoms with van der Waals surface area (Å²) in [6.07, 6.45) is 9.31. The zero-order valence-electron chi connectivity index (χ0n) is 13.9. The van der Waals surface area contributed by atoms with E-state index in [1.807, 2.05) is 0 Å². The van der Waals surface area contributed by atoms with Crippen molar-refractivity contribution in [2.45, 2.75) is 32.1 Å². The molecule has 1 aliphatic heterocycles. The molecule has 1 saturated heterocycles. The van der Waals surface area contributed by atoms with Gasteiger partial charge in [-0.25, -0.2) is 0 Å². The number of rotatable bonds is 7. The van der Waals surface area contributed by atoms with E-state index >= 15 is 0 Å². The molecule has 0 radical (unpaired) electrons. The molecule has 0 spiro atoms. The second kappa shape index (κ2) is 9.82. The van der Waals surface area contributed by atoms with E-state index in [0.717, 1.165) is 18.5 Å². The highest BCUT2D eigenvalue weighted by Gasteiger charge is 2.08. The SMILES string of the molecule is O=C(/C=C/c1ccc([N+](=O)[O-])cc1)NCCCN1CCCCCC1. The zero-order valence-corrected chi connectivity index (χ0v) is 13.9. The van der Waals surface area contributed by atoms with Gasteiger partial charge in [-0.2, -0.15) is 0 Å². The molecule has 1 aliphatic rings. The van der Waals surface area contributed by atoms with Crippen LogP contribution in [0, 0.1) is 10.1 Å². The lowest BCUT2D eigenvalue weighted by atomic mass is 10.2. The smallest absolute Gasteiger partial charge is 0.269 e. The minimum absolute atomic E-state index is 0.0464. The summed E-state index contributed by atoms with van der Waals surface area (Å²) in [4.78, 5) is 24.4. The van der Waals surface area contributed by atoms with Gasteiger partial charge in [0.15, 0.2) is 0 Å². The number of carbonyl (C=O) groups is 1. The van der Waals surface area contributed by atoms with Crippen LogP contribution in [0.3, 0.4) is 0 Å². The molecule has 6 nitrogen and oxygen atoms in total. The number of likely N-dealkylation sites (tertiary alicyclic amines) is 1. The molecular formula is C18H25N3O3. The fourth-order valence-corrected chi connectivity index (χ4v) is 2.81. The molecule has 24 heavy (non-hydrogen) atoms. The predicted molar refractivity (Wildman–Crippen MR) is 94.7 cm³/mol. The molecular weight excluding hydrogens is 306 g/mol. The number of benzene rings is 1. The topological polar surface area (TPSA) is 75.5 Å². The lowest BCUT2D eigenvalue weighted by molar-refractivity contribution is -0.384. The Morgan fingerprint density at radius 3 is 2.46 bits per heavy atom. The quantitative estimate of drug-likeness (QED) is 0.361. The van der Waals surface area contributed by atoms with Crippen molar-refractivity contribution < 1.29 is 9.72 Å². The number of hydrogen-bond acceptors (Lipinski definition) is 4. The fraction of sp³-hybridized carbons (Fsp3) is 0.500. The van der Waals surface area contributed by atoms with Gasteiger partial charge in [0, 0.05) is 24.8 Å². The third-order valence-corrected chi connectivity index (χ3v) is 4.18. The molecule has 0 saturated carbocycles. The molecule has 1 amide bonds. The minimum atomic E-state index is -0.440. The maximum Gasteiger partial charge on any atom is 0.269 e. The first-order valence-corrected chi connectivity index (χ1v) is 8.58. The van der Waals surface area contributed by atoms with Gasteiger partial charge in [-0.3, -0.25) is 14.9 Å². The maximum absolute atomic E-state index is 11.8. The highest BCUT2D eigenvalue weighted by atomic mass is 16.6. The molecule has 6 heteroatoms. The van der Waals surface area contributed by atoms with E-state index in [0.29, 0.717) is 6.54 Å². The first-order chi connectivity index (χ1) is 11.6. The van der Waals surface area contributed by atoms with Crippen molar-refractivity contribution in [3.8, 4) is 0 Å². The van der Waals surface area contributed by atoms with Gasteiger partial charge in [-0.15, -0.1) is 0 Å². The molecule has 1 aromatic rings. The van der Waals surface area contributed by atoms with Crippen molar-refractivity contribution in [1.29, 1.82) is 0 Å². The lowest BCUT2D eigenvalue weighted by Gasteiger charge is -2.19. The van der Waals surface area contributed by atoms with Crippen LogP contribution in [0.5, 0.6) is 0 Å². The van der Waals surface area contributed by atoms with Gasteiger partial charge in [-0.1, -0.05) is 12.8 Å². The Morgan fingerprint density at radius 1 is 1.17 bits per heavy atom. The summed E-state index contributed by atoms with van der Waals surface area (Å²) in [5.74, 6) is -0.135. The van der Waals surface area contributed by atoms with Crippen LogP contribution in [0.1, 0.15) is 37.7 Å². The summed E-state index contributed by atoms with van der Waals surface area (Å²) in [7, 11) is 0. The van der Waals surface area contributed by atoms with Crippen molar-refractivity contribution in [1.82, 2.24) is 10.2 Å². The van der Waals surface area contributed by atoms with Crippen LogP contribution in [-0.2, 0) is 4.79 Å². The van der Waals surface area contributed by atoms with Gasteiger partial charge in [-0.05, 0) is 62.7 Å². The van der Waals surface area contributed by atoms with Gasteiger partial charge in [0.25, 0.3) is 5.69 Å². The molecule has 0 aliphatic carbocycles. The van der Waals surface area contributed by atoms with Crippen LogP contribution in [0.2, 0.25) is 0 Å². The zero-order chi connectivity index (χ0) is 17.2. The van der Waals surface area contributed by atoms with Crippen molar-refractivity contribution in [3.63, 3.8) is 0 Å². The van der Waals surface area contributed by atoms with Gasteiger partial charge in [0.2, 0.25) is 5.91 Å². The van der Waals surface area contributed by atoms with Crippen LogP contribution in [0.15, 0.2) is 30.3 Å². The Labute approximate surface area is 142 Å². The van der Waals surface area contributed by atoms with Crippen LogP contribution < -0.4 is 5.32 Å². The standard InChI is InChI=1S/C18H25N3O3/c22-18(11-8-16-6-9-17(10-7-16)21(23)24)19-12-5-15-20-13-3-1-2-4-14-20/h6-11H,1-5,12-15H2,(H,19,22)/b11-8+. The van der Waals surface area contributed by atoms with E-state index in [1.54, 1.807) is 18.2 Å². The molecule has 1 N–H and O–H groups in total. The Balaban J connectivity index is 1.66. The monoisotopic (exact) mass is 331 g/mol. The van der Waals surface area contributed by atoms with E-state index in [9.17, 15) is 14.9 Å². The number of hydrogen-bond donors (Lipinski definition) is 1. The van der Waals surface area contributed by atoms with Crippen molar-refractivity contribution in [3.05, 3.63) is 46.0 Å². The number of non-ortho nitro benzene ring substituents is 1. The van der Waals surface area contributed by atoms with Crippen molar-refractivity contribution in [2.75, 3.05) is 26.2 Å². The average molecular weight is 331 g/mol. The summed E-state index contributed by atoms with van der Waals surface area (Å²) in [6, 6.07) is 6.11. The van der Waals surface area contributed by atoms with Gasteiger partial charge in [0.05, 0.1) is 4.92 Å². The minimum Gasteiger partial charge on any atom is -0.353 e. The fourth-order valence-electron chi connectivity index (χ4n) is 2.81. The lowest BCUT2D eigenvalue weighted by Crippen LogP contribution is -2.29. The summed E-state index contributed by atoms with van der Waals surface area (Å²) < 4.78 is 0. The summed E-state index contributed by atoms with van der Waals surface area (Å²) in [6.45, 7) is 4.05. The van der Waals surface area contributed by atoms with Crippen molar-refractivity contribution in [2.24, 2.45) is 0 Å². The molecule has 2 rings (SSSR count). The third kappa shape index (κ3) is 6.50. The molecule has 1 aromatic carbocycles. The average Bonchev–Trinajstić information content (AvgIpc) is 2.86. The molecule has 0 bridgehead atoms. The Morgan fingerprint density at radius 2 is 1.83 bits per heavy atom. The van der Waals surface area contributed by atoms with Crippen LogP contribution >= 0.6 is 0 Å². The van der Waals surface area contributed by atoms with E-state index in [-0.39, 0.29) is 11.6 Å². The van der Waals surface area contributed by atoms with Gasteiger partial charge in [0.1, 0.15) is 0 Å². The van der Waals surface area contributed by atoms with Crippen LogP contribution in [0.4, 0.5) is 5.69 Å². The molecule has 0 aromatic heterocycles. The van der Waals surface area contributed by atoms with Gasteiger partial charge < -0.3 is 10.2 Å². The second-order valence-electron chi connectivity index (χ2n) is 6.08. The maximum atomic E-state index is 11.8. The highest BCUT2D eigenvalue weighted by molar-refractivity contribution is 5.91. The van der Waals surface area contributed by atoms with E-state index in [4.69, 9.17) is 0 Å². The number of nitro benzene ring substituents is 1. The number of nitrogens with zero attached hydrogens (tertiary/aromatic N) is 2. The van der Waals surface area contributed by atoms with E-state index in [2.05, 4.69) is 10.2 Å². The Hall–Kier alpha value is -2.21. The molecule has 0 atom stereocenters. The molecule has 1 heterocycles. The molecule has 130 valence electrons. The molecule has 1 fully saturated rings. The predicted octanol–water partition coefficient (Wildman–Crippen LogP) is 2.99. The first kappa shape index (κ1) is 18.1. The summed E-state index contributed by atoms with van der Waals surface area (Å²) in [5.41, 5.74) is 0.811. The largest absolute Gasteiger partial charge is 0.353 e. The third-order valence-electron chi connectivity index (χ3n) is 4.18. The number of carbonyl (C=O) groups excluding carboxylic acids is 1. The summed E-state index contributed by atoms with van der Waals surface area (Å²) in [5, 5.41) is 13.5. The molecule has 0 unspecified atom stereocenters. The van der Waals surface area contributed by atoms with Gasteiger partial charge >= 0.3 is 0 Å². The number of nitro groups is 1. The Kier molecular flexibility index (Phi) is 7.42. The first-order valence-electron chi connectivity index (χ1n) is 8.58. The van der Waals surface area contributed by atoms with Crippen molar-refractivity contribution >= 4 is 17.7 Å². The van der Waals surface area contributed by atoms with Crippen LogP contribution in [0.25, 0.3) is 6.08 Å². The van der Waals surface area contributed by atoms with E-state index in [1.165, 1.54) is 57.0 Å². The Bertz CT molecular complexity index is 561. The normalized spacial score (nSPS) is 16.0. The number of amides is 1. The summed E-state index contributed by atoms with van der Waals surface area (Å²) >= 11 is 0. The van der Waals surface area contributed by atoms with E-state index < -0.39 is 4.92 Å². The highest BCUT2D eigenvalue weighted by Crippen LogP contribution is 2.12. The van der Waals surface area contributed by atoms with Crippen LogP contribution in [-0.4, -0.2) is 41.9 Å². The second-order valence-corrected chi connectivity index (χ2v) is 6.08. The number of nitrogens with one attached hydrogen (secondary N) is 1.